The molecule has 160 valence electrons. The Morgan fingerprint density at radius 3 is 2.59 bits per heavy atom. The molecule has 1 amide bonds. The molecule has 0 bridgehead atoms. The first-order chi connectivity index (χ1) is 15.6. The maximum absolute atomic E-state index is 14.0. The van der Waals surface area contributed by atoms with E-state index >= 15 is 0 Å². The zero-order valence-electron chi connectivity index (χ0n) is 18.5. The van der Waals surface area contributed by atoms with Gasteiger partial charge in [0.05, 0.1) is 23.2 Å². The second-order valence-electron chi connectivity index (χ2n) is 9.15. The van der Waals surface area contributed by atoms with Gasteiger partial charge in [-0.2, -0.15) is 5.10 Å². The van der Waals surface area contributed by atoms with Crippen molar-refractivity contribution in [3.8, 4) is 0 Å². The SMILES string of the molecule is Cc1nn(Cc2ccccc2)c2nc(C3CC3)cc(C(=O)N3c4ccccc4C[C@H]3C)c12. The number of aromatic nitrogens is 3. The van der Waals surface area contributed by atoms with Crippen molar-refractivity contribution in [1.29, 1.82) is 0 Å². The number of carbonyl (C=O) groups is 1. The number of hydrogen-bond acceptors (Lipinski definition) is 3. The molecule has 1 atom stereocenters. The molecule has 6 rings (SSSR count). The Balaban J connectivity index is 1.50. The molecule has 3 heterocycles. The highest BCUT2D eigenvalue weighted by atomic mass is 16.2. The lowest BCUT2D eigenvalue weighted by Gasteiger charge is -2.23. The Kier molecular flexibility index (Phi) is 4.39. The number of amides is 1. The van der Waals surface area contributed by atoms with Gasteiger partial charge in [0.15, 0.2) is 5.65 Å². The highest BCUT2D eigenvalue weighted by Gasteiger charge is 2.35. The van der Waals surface area contributed by atoms with E-state index in [9.17, 15) is 4.79 Å². The summed E-state index contributed by atoms with van der Waals surface area (Å²) in [7, 11) is 0. The van der Waals surface area contributed by atoms with Gasteiger partial charge < -0.3 is 4.90 Å². The summed E-state index contributed by atoms with van der Waals surface area (Å²) in [5, 5.41) is 5.70. The first-order valence-electron chi connectivity index (χ1n) is 11.4. The van der Waals surface area contributed by atoms with Gasteiger partial charge in [-0.05, 0) is 56.4 Å². The fraction of sp³-hybridized carbons (Fsp3) is 0.296. The lowest BCUT2D eigenvalue weighted by molar-refractivity contribution is 0.0983. The number of para-hydroxylation sites is 1. The third-order valence-corrected chi connectivity index (χ3v) is 6.72. The van der Waals surface area contributed by atoms with Crippen LogP contribution in [0.3, 0.4) is 0 Å². The number of anilines is 1. The number of aryl methyl sites for hydroxylation is 1. The van der Waals surface area contributed by atoms with Gasteiger partial charge >= 0.3 is 0 Å². The van der Waals surface area contributed by atoms with Gasteiger partial charge in [-0.15, -0.1) is 0 Å². The Labute approximate surface area is 187 Å². The van der Waals surface area contributed by atoms with Gasteiger partial charge in [0.2, 0.25) is 0 Å². The normalized spacial score (nSPS) is 17.7. The van der Waals surface area contributed by atoms with Crippen molar-refractivity contribution in [3.05, 3.63) is 88.7 Å². The molecule has 2 aromatic carbocycles. The molecule has 0 spiro atoms. The zero-order chi connectivity index (χ0) is 21.8. The highest BCUT2D eigenvalue weighted by molar-refractivity contribution is 6.15. The van der Waals surface area contributed by atoms with Gasteiger partial charge in [0, 0.05) is 23.3 Å². The molecule has 0 unspecified atom stereocenters. The molecule has 1 aliphatic carbocycles. The molecule has 5 nitrogen and oxygen atoms in total. The molecule has 0 N–H and O–H groups in total. The molecule has 2 aromatic heterocycles. The van der Waals surface area contributed by atoms with E-state index in [-0.39, 0.29) is 11.9 Å². The van der Waals surface area contributed by atoms with E-state index in [1.807, 2.05) is 52.9 Å². The van der Waals surface area contributed by atoms with Crippen LogP contribution in [0.4, 0.5) is 5.69 Å². The monoisotopic (exact) mass is 422 g/mol. The Morgan fingerprint density at radius 1 is 1.06 bits per heavy atom. The average molecular weight is 423 g/mol. The largest absolute Gasteiger partial charge is 0.305 e. The Hall–Kier alpha value is -3.47. The van der Waals surface area contributed by atoms with Crippen molar-refractivity contribution in [2.24, 2.45) is 0 Å². The summed E-state index contributed by atoms with van der Waals surface area (Å²) in [5.74, 6) is 0.508. The summed E-state index contributed by atoms with van der Waals surface area (Å²) in [6, 6.07) is 20.7. The van der Waals surface area contributed by atoms with Crippen LogP contribution in [0.2, 0.25) is 0 Å². The van der Waals surface area contributed by atoms with Crippen LogP contribution in [-0.2, 0) is 13.0 Å². The quantitative estimate of drug-likeness (QED) is 0.451. The summed E-state index contributed by atoms with van der Waals surface area (Å²) in [6.45, 7) is 4.76. The van der Waals surface area contributed by atoms with Gasteiger partial charge in [-0.3, -0.25) is 4.79 Å². The van der Waals surface area contributed by atoms with Crippen LogP contribution in [-0.4, -0.2) is 26.7 Å². The molecule has 32 heavy (non-hydrogen) atoms. The molecular weight excluding hydrogens is 396 g/mol. The number of benzene rings is 2. The molecule has 1 saturated carbocycles. The fourth-order valence-electron chi connectivity index (χ4n) is 5.00. The number of nitrogens with zero attached hydrogens (tertiary/aromatic N) is 4. The summed E-state index contributed by atoms with van der Waals surface area (Å²) >= 11 is 0. The number of fused-ring (bicyclic) bond motifs is 2. The van der Waals surface area contributed by atoms with Crippen molar-refractivity contribution >= 4 is 22.6 Å². The van der Waals surface area contributed by atoms with Crippen LogP contribution in [0.25, 0.3) is 11.0 Å². The van der Waals surface area contributed by atoms with Crippen LogP contribution in [0.1, 0.15) is 58.6 Å². The smallest absolute Gasteiger partial charge is 0.259 e. The topological polar surface area (TPSA) is 51.0 Å². The van der Waals surface area contributed by atoms with Crippen LogP contribution in [0.5, 0.6) is 0 Å². The third kappa shape index (κ3) is 3.11. The number of pyridine rings is 1. The van der Waals surface area contributed by atoms with E-state index in [1.165, 1.54) is 11.1 Å². The minimum atomic E-state index is 0.0547. The van der Waals surface area contributed by atoms with Gasteiger partial charge in [-0.25, -0.2) is 9.67 Å². The summed E-state index contributed by atoms with van der Waals surface area (Å²) in [5.41, 5.74) is 6.86. The van der Waals surface area contributed by atoms with Crippen molar-refractivity contribution in [2.45, 2.75) is 51.6 Å². The molecule has 1 aliphatic heterocycles. The predicted molar refractivity (Wildman–Crippen MR) is 126 cm³/mol. The van der Waals surface area contributed by atoms with Crippen LogP contribution in [0.15, 0.2) is 60.7 Å². The molecule has 0 radical (unpaired) electrons. The Bertz CT molecular complexity index is 1340. The highest BCUT2D eigenvalue weighted by Crippen LogP contribution is 2.41. The number of hydrogen-bond donors (Lipinski definition) is 0. The predicted octanol–water partition coefficient (Wildman–Crippen LogP) is 5.26. The van der Waals surface area contributed by atoms with E-state index in [1.54, 1.807) is 0 Å². The van der Waals surface area contributed by atoms with Crippen LogP contribution in [0, 0.1) is 6.92 Å². The second kappa shape index (κ2) is 7.30. The molecular formula is C27H26N4O. The van der Waals surface area contributed by atoms with Crippen molar-refractivity contribution < 1.29 is 4.79 Å². The molecule has 0 saturated heterocycles. The molecule has 1 fully saturated rings. The molecule has 5 heteroatoms. The second-order valence-corrected chi connectivity index (χ2v) is 9.15. The van der Waals surface area contributed by atoms with E-state index < -0.39 is 0 Å². The van der Waals surface area contributed by atoms with Gasteiger partial charge in [0.1, 0.15) is 0 Å². The number of rotatable bonds is 4. The van der Waals surface area contributed by atoms with Crippen molar-refractivity contribution in [3.63, 3.8) is 0 Å². The van der Waals surface area contributed by atoms with Gasteiger partial charge in [-0.1, -0.05) is 48.5 Å². The van der Waals surface area contributed by atoms with Crippen LogP contribution < -0.4 is 4.90 Å². The van der Waals surface area contributed by atoms with Crippen molar-refractivity contribution in [1.82, 2.24) is 14.8 Å². The van der Waals surface area contributed by atoms with E-state index in [4.69, 9.17) is 10.1 Å². The minimum absolute atomic E-state index is 0.0547. The van der Waals surface area contributed by atoms with Gasteiger partial charge in [0.25, 0.3) is 5.91 Å². The standard InChI is InChI=1S/C27H26N4O/c1-17-14-21-10-6-7-11-24(21)31(17)27(32)22-15-23(20-12-13-20)28-26-25(22)18(2)29-30(26)16-19-8-4-3-5-9-19/h3-11,15,17,20H,12-14,16H2,1-2H3/t17-/m1/s1. The molecule has 4 aromatic rings. The fourth-order valence-corrected chi connectivity index (χ4v) is 5.00. The lowest BCUT2D eigenvalue weighted by Crippen LogP contribution is -2.36. The lowest BCUT2D eigenvalue weighted by atomic mass is 10.1. The number of carbonyl (C=O) groups excluding carboxylic acids is 1. The maximum Gasteiger partial charge on any atom is 0.259 e. The zero-order valence-corrected chi connectivity index (χ0v) is 18.5. The Morgan fingerprint density at radius 2 is 1.81 bits per heavy atom. The minimum Gasteiger partial charge on any atom is -0.305 e. The van der Waals surface area contributed by atoms with Crippen molar-refractivity contribution in [2.75, 3.05) is 4.90 Å². The molecule has 2 aliphatic rings. The summed E-state index contributed by atoms with van der Waals surface area (Å²) < 4.78 is 1.96. The van der Waals surface area contributed by atoms with E-state index in [0.29, 0.717) is 12.5 Å². The third-order valence-electron chi connectivity index (χ3n) is 6.72. The van der Waals surface area contributed by atoms with Crippen LogP contribution >= 0.6 is 0 Å². The van der Waals surface area contributed by atoms with E-state index in [0.717, 1.165) is 52.9 Å². The average Bonchev–Trinajstić information content (AvgIpc) is 3.53. The summed E-state index contributed by atoms with van der Waals surface area (Å²) in [4.78, 5) is 21.0. The van der Waals surface area contributed by atoms with E-state index in [2.05, 4.69) is 31.2 Å². The first-order valence-corrected chi connectivity index (χ1v) is 11.4. The maximum atomic E-state index is 14.0. The first kappa shape index (κ1) is 19.2. The summed E-state index contributed by atoms with van der Waals surface area (Å²) in [6.07, 6.45) is 3.17.